The Morgan fingerprint density at radius 1 is 0.923 bits per heavy atom. The third-order valence-corrected chi connectivity index (χ3v) is 4.11. The van der Waals surface area contributed by atoms with Crippen LogP contribution in [-0.2, 0) is 0 Å². The van der Waals surface area contributed by atoms with Crippen LogP contribution in [0.3, 0.4) is 0 Å². The molecule has 0 radical (unpaired) electrons. The summed E-state index contributed by atoms with van der Waals surface area (Å²) in [4.78, 5) is 2.78. The number of hydrogen-bond donors (Lipinski definition) is 1. The van der Waals surface area contributed by atoms with Crippen molar-refractivity contribution in [2.75, 3.05) is 6.61 Å². The summed E-state index contributed by atoms with van der Waals surface area (Å²) in [5.41, 5.74) is 0. The minimum atomic E-state index is 0.422. The normalized spacial score (nSPS) is 45.5. The predicted octanol–water partition coefficient (Wildman–Crippen LogP) is 1.38. The van der Waals surface area contributed by atoms with Gasteiger partial charge in [0.05, 0.1) is 0 Å². The summed E-state index contributed by atoms with van der Waals surface area (Å²) >= 11 is 0. The predicted molar refractivity (Wildman–Crippen MR) is 51.5 cm³/mol. The van der Waals surface area contributed by atoms with Crippen LogP contribution in [0.4, 0.5) is 0 Å². The maximum absolute atomic E-state index is 9.18. The van der Waals surface area contributed by atoms with Crippen molar-refractivity contribution in [3.8, 4) is 0 Å². The summed E-state index contributed by atoms with van der Waals surface area (Å²) in [6, 6.07) is 2.61. The zero-order valence-electron chi connectivity index (χ0n) is 8.15. The molecule has 0 aromatic heterocycles. The smallest absolute Gasteiger partial charge is 0.0460 e. The molecule has 2 saturated heterocycles. The van der Waals surface area contributed by atoms with Crippen LogP contribution in [0.25, 0.3) is 0 Å². The first-order valence-corrected chi connectivity index (χ1v) is 5.77. The second-order valence-corrected chi connectivity index (χ2v) is 5.08. The molecule has 2 nitrogen and oxygen atoms in total. The van der Waals surface area contributed by atoms with Gasteiger partial charge in [0.2, 0.25) is 0 Å². The standard InChI is InChI=1S/C11H19NO/c13-7-8-5-10-3-4-11(6-8)12(10)9-1-2-9/h8-11,13H,1-7H2/t10-,11-/m0/s1. The maximum Gasteiger partial charge on any atom is 0.0460 e. The van der Waals surface area contributed by atoms with Crippen molar-refractivity contribution in [2.24, 2.45) is 5.92 Å². The van der Waals surface area contributed by atoms with Gasteiger partial charge in [-0.15, -0.1) is 0 Å². The molecule has 0 spiro atoms. The molecule has 0 unspecified atom stereocenters. The van der Waals surface area contributed by atoms with Gasteiger partial charge in [0, 0.05) is 24.7 Å². The molecule has 0 aromatic rings. The Kier molecular flexibility index (Phi) is 1.88. The second kappa shape index (κ2) is 2.96. The van der Waals surface area contributed by atoms with Gasteiger partial charge >= 0.3 is 0 Å². The van der Waals surface area contributed by atoms with E-state index in [1.54, 1.807) is 0 Å². The monoisotopic (exact) mass is 181 g/mol. The molecule has 2 atom stereocenters. The number of fused-ring (bicyclic) bond motifs is 2. The Bertz CT molecular complexity index is 188. The van der Waals surface area contributed by atoms with Gasteiger partial charge in [0.15, 0.2) is 0 Å². The van der Waals surface area contributed by atoms with Crippen LogP contribution in [0.2, 0.25) is 0 Å². The van der Waals surface area contributed by atoms with E-state index in [0.29, 0.717) is 12.5 Å². The van der Waals surface area contributed by atoms with E-state index in [2.05, 4.69) is 4.90 Å². The fourth-order valence-electron chi connectivity index (χ4n) is 3.44. The number of piperidine rings is 1. The first kappa shape index (κ1) is 8.25. The van der Waals surface area contributed by atoms with Crippen LogP contribution in [0.1, 0.15) is 38.5 Å². The topological polar surface area (TPSA) is 23.5 Å². The zero-order valence-corrected chi connectivity index (χ0v) is 8.15. The molecule has 2 heteroatoms. The minimum Gasteiger partial charge on any atom is -0.396 e. The number of aliphatic hydroxyl groups excluding tert-OH is 1. The van der Waals surface area contributed by atoms with Gasteiger partial charge < -0.3 is 5.11 Å². The lowest BCUT2D eigenvalue weighted by Gasteiger charge is -2.38. The molecule has 2 aliphatic heterocycles. The fourth-order valence-corrected chi connectivity index (χ4v) is 3.44. The minimum absolute atomic E-state index is 0.422. The number of rotatable bonds is 2. The summed E-state index contributed by atoms with van der Waals surface area (Å²) in [7, 11) is 0. The summed E-state index contributed by atoms with van der Waals surface area (Å²) in [5, 5.41) is 9.18. The van der Waals surface area contributed by atoms with Gasteiger partial charge in [-0.05, 0) is 44.4 Å². The van der Waals surface area contributed by atoms with Crippen molar-refractivity contribution in [3.63, 3.8) is 0 Å². The second-order valence-electron chi connectivity index (χ2n) is 5.08. The van der Waals surface area contributed by atoms with Gasteiger partial charge in [0.25, 0.3) is 0 Å². The average molecular weight is 181 g/mol. The van der Waals surface area contributed by atoms with Crippen molar-refractivity contribution < 1.29 is 5.11 Å². The molecule has 13 heavy (non-hydrogen) atoms. The molecular weight excluding hydrogens is 162 g/mol. The van der Waals surface area contributed by atoms with Gasteiger partial charge in [-0.3, -0.25) is 4.90 Å². The first-order valence-electron chi connectivity index (χ1n) is 5.77. The Labute approximate surface area is 79.9 Å². The lowest BCUT2D eigenvalue weighted by Crippen LogP contribution is -2.44. The molecule has 0 aromatic carbocycles. The first-order chi connectivity index (χ1) is 6.38. The Morgan fingerprint density at radius 2 is 1.46 bits per heavy atom. The highest BCUT2D eigenvalue weighted by Gasteiger charge is 2.46. The van der Waals surface area contributed by atoms with Crippen molar-refractivity contribution in [1.82, 2.24) is 4.90 Å². The van der Waals surface area contributed by atoms with E-state index < -0.39 is 0 Å². The van der Waals surface area contributed by atoms with Crippen molar-refractivity contribution in [3.05, 3.63) is 0 Å². The van der Waals surface area contributed by atoms with Crippen molar-refractivity contribution >= 4 is 0 Å². The lowest BCUT2D eigenvalue weighted by atomic mass is 9.91. The maximum atomic E-state index is 9.18. The Hall–Kier alpha value is -0.0800. The largest absolute Gasteiger partial charge is 0.396 e. The zero-order chi connectivity index (χ0) is 8.84. The average Bonchev–Trinajstić information content (AvgIpc) is 2.95. The third-order valence-electron chi connectivity index (χ3n) is 4.11. The van der Waals surface area contributed by atoms with E-state index in [1.165, 1.54) is 38.5 Å². The fraction of sp³-hybridized carbons (Fsp3) is 1.00. The molecule has 1 N–H and O–H groups in total. The summed E-state index contributed by atoms with van der Waals surface area (Å²) in [6.45, 7) is 0.422. The molecule has 3 rings (SSSR count). The highest BCUT2D eigenvalue weighted by Crippen LogP contribution is 2.44. The SMILES string of the molecule is OCC1C[C@@H]2CC[C@@H](C1)N2C1CC1. The van der Waals surface area contributed by atoms with Crippen molar-refractivity contribution in [2.45, 2.75) is 56.7 Å². The van der Waals surface area contributed by atoms with Crippen LogP contribution >= 0.6 is 0 Å². The molecule has 3 aliphatic rings. The Morgan fingerprint density at radius 3 is 1.92 bits per heavy atom. The van der Waals surface area contributed by atoms with E-state index in [4.69, 9.17) is 0 Å². The molecule has 2 bridgehead atoms. The molecule has 3 fully saturated rings. The molecule has 0 amide bonds. The molecular formula is C11H19NO. The van der Waals surface area contributed by atoms with E-state index in [0.717, 1.165) is 18.1 Å². The van der Waals surface area contributed by atoms with Gasteiger partial charge in [-0.25, -0.2) is 0 Å². The summed E-state index contributed by atoms with van der Waals surface area (Å²) in [5.74, 6) is 0.618. The van der Waals surface area contributed by atoms with E-state index in [9.17, 15) is 5.11 Å². The quantitative estimate of drug-likeness (QED) is 0.695. The van der Waals surface area contributed by atoms with Crippen LogP contribution in [0, 0.1) is 5.92 Å². The van der Waals surface area contributed by atoms with Crippen LogP contribution in [0.5, 0.6) is 0 Å². The number of nitrogens with zero attached hydrogens (tertiary/aromatic N) is 1. The molecule has 1 saturated carbocycles. The summed E-state index contributed by atoms with van der Waals surface area (Å²) < 4.78 is 0. The van der Waals surface area contributed by atoms with E-state index >= 15 is 0 Å². The highest BCUT2D eigenvalue weighted by atomic mass is 16.3. The molecule has 74 valence electrons. The van der Waals surface area contributed by atoms with Crippen LogP contribution in [-0.4, -0.2) is 34.7 Å². The summed E-state index contributed by atoms with van der Waals surface area (Å²) in [6.07, 6.45) is 8.22. The van der Waals surface area contributed by atoms with Crippen molar-refractivity contribution in [1.29, 1.82) is 0 Å². The third kappa shape index (κ3) is 1.31. The van der Waals surface area contributed by atoms with E-state index in [-0.39, 0.29) is 0 Å². The van der Waals surface area contributed by atoms with Crippen LogP contribution < -0.4 is 0 Å². The van der Waals surface area contributed by atoms with Crippen LogP contribution in [0.15, 0.2) is 0 Å². The highest BCUT2D eigenvalue weighted by molar-refractivity contribution is 5.01. The molecule has 1 aliphatic carbocycles. The van der Waals surface area contributed by atoms with Gasteiger partial charge in [-0.2, -0.15) is 0 Å². The van der Waals surface area contributed by atoms with Gasteiger partial charge in [-0.1, -0.05) is 0 Å². The molecule has 2 heterocycles. The number of hydrogen-bond acceptors (Lipinski definition) is 2. The lowest BCUT2D eigenvalue weighted by molar-refractivity contribution is 0.0680. The van der Waals surface area contributed by atoms with Gasteiger partial charge in [0.1, 0.15) is 0 Å². The number of aliphatic hydroxyl groups is 1. The Balaban J connectivity index is 1.73. The van der Waals surface area contributed by atoms with E-state index in [1.807, 2.05) is 0 Å².